The lowest BCUT2D eigenvalue weighted by Crippen LogP contribution is -2.49. The molecule has 6 nitrogen and oxygen atoms in total. The zero-order valence-electron chi connectivity index (χ0n) is 23.8. The molecule has 1 N–H and O–H groups in total. The Hall–Kier alpha value is -3.88. The lowest BCUT2D eigenvalue weighted by molar-refractivity contribution is -0.137. The van der Waals surface area contributed by atoms with Crippen molar-refractivity contribution < 1.29 is 18.0 Å². The predicted molar refractivity (Wildman–Crippen MR) is 154 cm³/mol. The van der Waals surface area contributed by atoms with Crippen LogP contribution in [-0.4, -0.2) is 25.5 Å². The molecule has 4 fully saturated rings. The fourth-order valence-electron chi connectivity index (χ4n) is 8.28. The van der Waals surface area contributed by atoms with Gasteiger partial charge in [0.1, 0.15) is 0 Å². The summed E-state index contributed by atoms with van der Waals surface area (Å²) >= 11 is 0. The van der Waals surface area contributed by atoms with Crippen molar-refractivity contribution in [2.24, 2.45) is 17.8 Å². The van der Waals surface area contributed by atoms with Crippen LogP contribution in [0, 0.1) is 31.6 Å². The maximum Gasteiger partial charge on any atom is 0.416 e. The SMILES string of the molecule is Cc1nn(Cc2cccc(C(F)(F)F)c2)c(C)c1NC(=O)c1cn(-c2ccccc2)nc1C12CC3CC(CC(C3)C1)C2. The Bertz CT molecular complexity index is 1620. The van der Waals surface area contributed by atoms with Crippen LogP contribution in [0.1, 0.15) is 77.1 Å². The summed E-state index contributed by atoms with van der Waals surface area (Å²) in [7, 11) is 0. The standard InChI is InChI=1S/C33H34F3N5O/c1-20-29(21(2)40(38-20)18-22-7-6-8-26(14-22)33(34,35)36)37-31(42)28-19-41(27-9-4-3-5-10-27)39-30(28)32-15-23-11-24(16-32)13-25(12-23)17-32/h3-10,14,19,23-25H,11-13,15-18H2,1-2H3,(H,37,42). The number of aromatic nitrogens is 4. The number of benzene rings is 2. The topological polar surface area (TPSA) is 64.7 Å². The van der Waals surface area contributed by atoms with Crippen molar-refractivity contribution >= 4 is 11.6 Å². The minimum Gasteiger partial charge on any atom is -0.319 e. The van der Waals surface area contributed by atoms with Crippen LogP contribution in [0.2, 0.25) is 0 Å². The van der Waals surface area contributed by atoms with E-state index in [-0.39, 0.29) is 17.9 Å². The molecule has 4 bridgehead atoms. The summed E-state index contributed by atoms with van der Waals surface area (Å²) in [6.07, 6.45) is 4.57. The Kier molecular flexibility index (Phi) is 6.33. The number of halogens is 3. The summed E-state index contributed by atoms with van der Waals surface area (Å²) in [5.41, 5.74) is 3.98. The fourth-order valence-corrected chi connectivity index (χ4v) is 8.28. The van der Waals surface area contributed by atoms with E-state index >= 15 is 0 Å². The quantitative estimate of drug-likeness (QED) is 0.260. The van der Waals surface area contributed by atoms with E-state index in [9.17, 15) is 18.0 Å². The molecule has 1 amide bonds. The zero-order valence-corrected chi connectivity index (χ0v) is 23.8. The van der Waals surface area contributed by atoms with Crippen molar-refractivity contribution in [3.05, 3.63) is 94.6 Å². The molecule has 0 unspecified atom stereocenters. The molecule has 2 aromatic carbocycles. The van der Waals surface area contributed by atoms with Crippen LogP contribution in [0.4, 0.5) is 18.9 Å². The molecular weight excluding hydrogens is 539 g/mol. The van der Waals surface area contributed by atoms with Crippen LogP contribution in [0.5, 0.6) is 0 Å². The molecule has 218 valence electrons. The number of alkyl halides is 3. The molecule has 4 aromatic rings. The largest absolute Gasteiger partial charge is 0.416 e. The molecule has 0 saturated heterocycles. The predicted octanol–water partition coefficient (Wildman–Crippen LogP) is 7.47. The monoisotopic (exact) mass is 573 g/mol. The van der Waals surface area contributed by atoms with Gasteiger partial charge in [-0.25, -0.2) is 4.68 Å². The van der Waals surface area contributed by atoms with Crippen molar-refractivity contribution in [2.75, 3.05) is 5.32 Å². The van der Waals surface area contributed by atoms with Crippen LogP contribution in [0.15, 0.2) is 60.8 Å². The second-order valence-corrected chi connectivity index (χ2v) is 12.7. The molecular formula is C33H34F3N5O. The molecule has 0 radical (unpaired) electrons. The summed E-state index contributed by atoms with van der Waals surface area (Å²) in [6.45, 7) is 3.80. The normalized spacial score (nSPS) is 24.7. The Morgan fingerprint density at radius 2 is 1.62 bits per heavy atom. The number of anilines is 1. The molecule has 42 heavy (non-hydrogen) atoms. The average molecular weight is 574 g/mol. The van der Waals surface area contributed by atoms with Crippen LogP contribution < -0.4 is 5.32 Å². The lowest BCUT2D eigenvalue weighted by atomic mass is 9.48. The highest BCUT2D eigenvalue weighted by Crippen LogP contribution is 2.61. The number of hydrogen-bond donors (Lipinski definition) is 1. The number of nitrogens with one attached hydrogen (secondary N) is 1. The number of para-hydroxylation sites is 1. The first-order valence-corrected chi connectivity index (χ1v) is 14.7. The fraction of sp³-hybridized carbons (Fsp3) is 0.424. The Labute approximate surface area is 242 Å². The van der Waals surface area contributed by atoms with Gasteiger partial charge < -0.3 is 5.32 Å². The van der Waals surface area contributed by atoms with Crippen molar-refractivity contribution in [2.45, 2.75) is 70.5 Å². The molecule has 4 aliphatic carbocycles. The summed E-state index contributed by atoms with van der Waals surface area (Å²) in [5.74, 6) is 1.88. The Balaban J connectivity index is 1.21. The first-order valence-electron chi connectivity index (χ1n) is 14.7. The number of hydrogen-bond acceptors (Lipinski definition) is 3. The molecule has 0 aliphatic heterocycles. The summed E-state index contributed by atoms with van der Waals surface area (Å²) in [4.78, 5) is 14.1. The van der Waals surface area contributed by atoms with E-state index in [1.807, 2.05) is 48.1 Å². The number of amides is 1. The highest BCUT2D eigenvalue weighted by molar-refractivity contribution is 6.05. The van der Waals surface area contributed by atoms with Crippen LogP contribution in [0.3, 0.4) is 0 Å². The van der Waals surface area contributed by atoms with Gasteiger partial charge in [-0.2, -0.15) is 23.4 Å². The van der Waals surface area contributed by atoms with Gasteiger partial charge in [0, 0.05) is 11.6 Å². The third-order valence-corrected chi connectivity index (χ3v) is 9.73. The lowest BCUT2D eigenvalue weighted by Gasteiger charge is -2.56. The van der Waals surface area contributed by atoms with Gasteiger partial charge in [0.05, 0.1) is 46.1 Å². The van der Waals surface area contributed by atoms with Crippen molar-refractivity contribution in [3.63, 3.8) is 0 Å². The average Bonchev–Trinajstić information content (AvgIpc) is 3.51. The molecule has 8 rings (SSSR count). The Morgan fingerprint density at radius 3 is 2.26 bits per heavy atom. The second kappa shape index (κ2) is 9.85. The van der Waals surface area contributed by atoms with E-state index in [1.54, 1.807) is 17.7 Å². The zero-order chi connectivity index (χ0) is 29.2. The van der Waals surface area contributed by atoms with Crippen LogP contribution >= 0.6 is 0 Å². The minimum absolute atomic E-state index is 0.0841. The second-order valence-electron chi connectivity index (χ2n) is 12.7. The number of carbonyl (C=O) groups excluding carboxylic acids is 1. The summed E-state index contributed by atoms with van der Waals surface area (Å²) in [5, 5.41) is 12.8. The van der Waals surface area contributed by atoms with E-state index in [0.717, 1.165) is 42.8 Å². The van der Waals surface area contributed by atoms with E-state index < -0.39 is 11.7 Å². The maximum atomic E-state index is 14.1. The van der Waals surface area contributed by atoms with Gasteiger partial charge in [-0.15, -0.1) is 0 Å². The highest BCUT2D eigenvalue weighted by Gasteiger charge is 2.54. The van der Waals surface area contributed by atoms with Crippen molar-refractivity contribution in [1.82, 2.24) is 19.6 Å². The smallest absolute Gasteiger partial charge is 0.319 e. The van der Waals surface area contributed by atoms with Crippen LogP contribution in [-0.2, 0) is 18.1 Å². The van der Waals surface area contributed by atoms with E-state index in [2.05, 4.69) is 10.4 Å². The third-order valence-electron chi connectivity index (χ3n) is 9.73. The molecule has 4 aliphatic rings. The maximum absolute atomic E-state index is 14.1. The molecule has 0 spiro atoms. The van der Waals surface area contributed by atoms with Crippen molar-refractivity contribution in [1.29, 1.82) is 0 Å². The van der Waals surface area contributed by atoms with Gasteiger partial charge >= 0.3 is 6.18 Å². The molecule has 9 heteroatoms. The number of rotatable bonds is 6. The first kappa shape index (κ1) is 27.0. The van der Waals surface area contributed by atoms with Gasteiger partial charge in [0.2, 0.25) is 0 Å². The van der Waals surface area contributed by atoms with E-state index in [0.29, 0.717) is 46.0 Å². The van der Waals surface area contributed by atoms with Gasteiger partial charge in [-0.1, -0.05) is 30.3 Å². The summed E-state index contributed by atoms with van der Waals surface area (Å²) < 4.78 is 43.3. The number of nitrogens with zero attached hydrogens (tertiary/aromatic N) is 4. The highest BCUT2D eigenvalue weighted by atomic mass is 19.4. The first-order chi connectivity index (χ1) is 20.1. The number of carbonyl (C=O) groups is 1. The van der Waals surface area contributed by atoms with Crippen LogP contribution in [0.25, 0.3) is 5.69 Å². The molecule has 4 saturated carbocycles. The minimum atomic E-state index is -4.41. The molecule has 2 heterocycles. The van der Waals surface area contributed by atoms with Gasteiger partial charge in [-0.3, -0.25) is 9.48 Å². The van der Waals surface area contributed by atoms with Crippen molar-refractivity contribution in [3.8, 4) is 5.69 Å². The van der Waals surface area contributed by atoms with Gasteiger partial charge in [0.15, 0.2) is 0 Å². The molecule has 0 atom stereocenters. The van der Waals surface area contributed by atoms with E-state index in [4.69, 9.17) is 5.10 Å². The van der Waals surface area contributed by atoms with Gasteiger partial charge in [0.25, 0.3) is 5.91 Å². The van der Waals surface area contributed by atoms with E-state index in [1.165, 1.54) is 25.3 Å². The molecule has 2 aromatic heterocycles. The van der Waals surface area contributed by atoms with Gasteiger partial charge in [-0.05, 0) is 100.0 Å². The number of aryl methyl sites for hydroxylation is 1. The third kappa shape index (κ3) is 4.72. The Morgan fingerprint density at radius 1 is 0.952 bits per heavy atom. The summed E-state index contributed by atoms with van der Waals surface area (Å²) in [6, 6.07) is 15.1.